The number of carbonyl (C=O) groups excluding carboxylic acids is 1. The van der Waals surface area contributed by atoms with E-state index in [0.29, 0.717) is 11.6 Å². The van der Waals surface area contributed by atoms with Crippen LogP contribution in [-0.4, -0.2) is 51.2 Å². The lowest BCUT2D eigenvalue weighted by atomic mass is 10.1. The average molecular weight is 271 g/mol. The lowest BCUT2D eigenvalue weighted by Gasteiger charge is -2.32. The highest BCUT2D eigenvalue weighted by atomic mass is 16.2. The van der Waals surface area contributed by atoms with E-state index in [-0.39, 0.29) is 5.91 Å². The van der Waals surface area contributed by atoms with Gasteiger partial charge in [0, 0.05) is 31.2 Å². The zero-order valence-corrected chi connectivity index (χ0v) is 11.4. The predicted octanol–water partition coefficient (Wildman–Crippen LogP) is 0.701. The fourth-order valence-electron chi connectivity index (χ4n) is 2.42. The van der Waals surface area contributed by atoms with Crippen molar-refractivity contribution in [1.82, 2.24) is 25.0 Å². The number of benzene rings is 1. The maximum absolute atomic E-state index is 12.5. The van der Waals surface area contributed by atoms with E-state index in [9.17, 15) is 4.79 Å². The summed E-state index contributed by atoms with van der Waals surface area (Å²) in [5, 5.41) is 7.42. The molecular formula is C14H17N5O. The number of hydrogen-bond donors (Lipinski definition) is 1. The van der Waals surface area contributed by atoms with Crippen LogP contribution >= 0.6 is 0 Å². The Morgan fingerprint density at radius 1 is 1.45 bits per heavy atom. The smallest absolute Gasteiger partial charge is 0.254 e. The lowest BCUT2D eigenvalue weighted by Crippen LogP contribution is -2.51. The molecule has 0 radical (unpaired) electrons. The maximum atomic E-state index is 12.5. The Morgan fingerprint density at radius 2 is 2.35 bits per heavy atom. The minimum absolute atomic E-state index is 0.0697. The van der Waals surface area contributed by atoms with Crippen molar-refractivity contribution in [3.8, 4) is 5.69 Å². The third-order valence-electron chi connectivity index (χ3n) is 3.43. The van der Waals surface area contributed by atoms with Gasteiger partial charge in [0.1, 0.15) is 12.7 Å². The van der Waals surface area contributed by atoms with Crippen molar-refractivity contribution in [1.29, 1.82) is 0 Å². The summed E-state index contributed by atoms with van der Waals surface area (Å²) in [5.41, 5.74) is 1.53. The normalized spacial score (nSPS) is 19.1. The molecule has 1 aromatic carbocycles. The van der Waals surface area contributed by atoms with E-state index >= 15 is 0 Å². The van der Waals surface area contributed by atoms with Gasteiger partial charge in [0.25, 0.3) is 5.91 Å². The van der Waals surface area contributed by atoms with Crippen LogP contribution in [-0.2, 0) is 0 Å². The largest absolute Gasteiger partial charge is 0.336 e. The van der Waals surface area contributed by atoms with Gasteiger partial charge in [0.05, 0.1) is 5.69 Å². The standard InChI is InChI=1S/C14H17N5O/c1-11-8-18(6-5-16-11)14(20)12-3-2-4-13(7-12)19-10-15-9-17-19/h2-4,7,9-11,16H,5-6,8H2,1H3/t11-/m1/s1. The summed E-state index contributed by atoms with van der Waals surface area (Å²) in [7, 11) is 0. The SMILES string of the molecule is C[C@@H]1CN(C(=O)c2cccc(-n3cncn3)c2)CCN1. The number of rotatable bonds is 2. The van der Waals surface area contributed by atoms with Crippen LogP contribution in [0.15, 0.2) is 36.9 Å². The first-order valence-electron chi connectivity index (χ1n) is 6.72. The highest BCUT2D eigenvalue weighted by molar-refractivity contribution is 5.94. The van der Waals surface area contributed by atoms with E-state index in [2.05, 4.69) is 22.3 Å². The minimum Gasteiger partial charge on any atom is -0.336 e. The van der Waals surface area contributed by atoms with Crippen LogP contribution in [0, 0.1) is 0 Å². The van der Waals surface area contributed by atoms with Crippen LogP contribution in [0.2, 0.25) is 0 Å². The molecule has 3 rings (SSSR count). The Hall–Kier alpha value is -2.21. The molecule has 1 N–H and O–H groups in total. The van der Waals surface area contributed by atoms with Gasteiger partial charge in [-0.1, -0.05) is 6.07 Å². The zero-order chi connectivity index (χ0) is 13.9. The lowest BCUT2D eigenvalue weighted by molar-refractivity contribution is 0.0709. The van der Waals surface area contributed by atoms with E-state index < -0.39 is 0 Å². The van der Waals surface area contributed by atoms with Gasteiger partial charge in [0.2, 0.25) is 0 Å². The third kappa shape index (κ3) is 2.55. The second-order valence-corrected chi connectivity index (χ2v) is 5.00. The van der Waals surface area contributed by atoms with Crippen molar-refractivity contribution >= 4 is 5.91 Å². The summed E-state index contributed by atoms with van der Waals surface area (Å²) >= 11 is 0. The molecule has 1 aromatic heterocycles. The summed E-state index contributed by atoms with van der Waals surface area (Å²) in [4.78, 5) is 18.3. The van der Waals surface area contributed by atoms with Crippen molar-refractivity contribution in [2.45, 2.75) is 13.0 Å². The predicted molar refractivity (Wildman–Crippen MR) is 74.7 cm³/mol. The molecule has 1 amide bonds. The number of piperazine rings is 1. The molecule has 0 bridgehead atoms. The van der Waals surface area contributed by atoms with Gasteiger partial charge in [0.15, 0.2) is 0 Å². The molecule has 104 valence electrons. The zero-order valence-electron chi connectivity index (χ0n) is 11.4. The Kier molecular flexibility index (Phi) is 3.47. The monoisotopic (exact) mass is 271 g/mol. The third-order valence-corrected chi connectivity index (χ3v) is 3.43. The van der Waals surface area contributed by atoms with Crippen molar-refractivity contribution in [2.75, 3.05) is 19.6 Å². The molecule has 6 heteroatoms. The molecule has 1 fully saturated rings. The van der Waals surface area contributed by atoms with Crippen LogP contribution in [0.4, 0.5) is 0 Å². The molecule has 0 aliphatic carbocycles. The van der Waals surface area contributed by atoms with E-state index in [1.807, 2.05) is 29.2 Å². The molecule has 1 aliphatic heterocycles. The van der Waals surface area contributed by atoms with Crippen molar-refractivity contribution in [2.24, 2.45) is 0 Å². The van der Waals surface area contributed by atoms with Crippen LogP contribution in [0.3, 0.4) is 0 Å². The summed E-state index contributed by atoms with van der Waals surface area (Å²) in [6.45, 7) is 4.42. The first kappa shape index (κ1) is 12.8. The summed E-state index contributed by atoms with van der Waals surface area (Å²) in [6, 6.07) is 7.81. The van der Waals surface area contributed by atoms with Crippen molar-refractivity contribution < 1.29 is 4.79 Å². The van der Waals surface area contributed by atoms with Gasteiger partial charge >= 0.3 is 0 Å². The number of hydrogen-bond acceptors (Lipinski definition) is 4. The quantitative estimate of drug-likeness (QED) is 0.873. The Balaban J connectivity index is 1.83. The van der Waals surface area contributed by atoms with Crippen molar-refractivity contribution in [3.63, 3.8) is 0 Å². The fraction of sp³-hybridized carbons (Fsp3) is 0.357. The van der Waals surface area contributed by atoms with Gasteiger partial charge in [-0.15, -0.1) is 0 Å². The Bertz CT molecular complexity index is 595. The molecular weight excluding hydrogens is 254 g/mol. The van der Waals surface area contributed by atoms with Gasteiger partial charge < -0.3 is 10.2 Å². The van der Waals surface area contributed by atoms with E-state index in [4.69, 9.17) is 0 Å². The van der Waals surface area contributed by atoms with Gasteiger partial charge in [-0.3, -0.25) is 4.79 Å². The summed E-state index contributed by atoms with van der Waals surface area (Å²) in [5.74, 6) is 0.0697. The fourth-order valence-corrected chi connectivity index (χ4v) is 2.42. The van der Waals surface area contributed by atoms with Crippen LogP contribution in [0.5, 0.6) is 0 Å². The second kappa shape index (κ2) is 5.42. The van der Waals surface area contributed by atoms with Gasteiger partial charge in [-0.05, 0) is 25.1 Å². The topological polar surface area (TPSA) is 63.1 Å². The first-order valence-corrected chi connectivity index (χ1v) is 6.72. The van der Waals surface area contributed by atoms with E-state index in [1.165, 1.54) is 6.33 Å². The molecule has 1 atom stereocenters. The Morgan fingerprint density at radius 3 is 3.10 bits per heavy atom. The molecule has 0 saturated carbocycles. The maximum Gasteiger partial charge on any atom is 0.254 e. The molecule has 20 heavy (non-hydrogen) atoms. The average Bonchev–Trinajstić information content (AvgIpc) is 3.01. The Labute approximate surface area is 117 Å². The van der Waals surface area contributed by atoms with Gasteiger partial charge in [-0.2, -0.15) is 5.10 Å². The number of carbonyl (C=O) groups is 1. The van der Waals surface area contributed by atoms with Crippen LogP contribution in [0.25, 0.3) is 5.69 Å². The number of nitrogens with zero attached hydrogens (tertiary/aromatic N) is 4. The van der Waals surface area contributed by atoms with Crippen LogP contribution < -0.4 is 5.32 Å². The first-order chi connectivity index (χ1) is 9.74. The minimum atomic E-state index is 0.0697. The summed E-state index contributed by atoms with van der Waals surface area (Å²) < 4.78 is 1.65. The van der Waals surface area contributed by atoms with Crippen molar-refractivity contribution in [3.05, 3.63) is 42.5 Å². The molecule has 0 unspecified atom stereocenters. The number of aromatic nitrogens is 3. The molecule has 6 nitrogen and oxygen atoms in total. The molecule has 1 aliphatic rings. The number of nitrogens with one attached hydrogen (secondary N) is 1. The molecule has 2 heterocycles. The second-order valence-electron chi connectivity index (χ2n) is 5.00. The number of amides is 1. The highest BCUT2D eigenvalue weighted by Crippen LogP contribution is 2.12. The molecule has 1 saturated heterocycles. The van der Waals surface area contributed by atoms with Crippen LogP contribution in [0.1, 0.15) is 17.3 Å². The summed E-state index contributed by atoms with van der Waals surface area (Å²) in [6.07, 6.45) is 3.10. The molecule has 0 spiro atoms. The molecule has 2 aromatic rings. The highest BCUT2D eigenvalue weighted by Gasteiger charge is 2.21. The van der Waals surface area contributed by atoms with E-state index in [0.717, 1.165) is 25.3 Å². The van der Waals surface area contributed by atoms with Gasteiger partial charge in [-0.25, -0.2) is 9.67 Å². The van der Waals surface area contributed by atoms with E-state index in [1.54, 1.807) is 11.0 Å².